The van der Waals surface area contributed by atoms with Crippen molar-refractivity contribution < 1.29 is 46.4 Å². The van der Waals surface area contributed by atoms with Gasteiger partial charge in [-0.25, -0.2) is 9.97 Å². The maximum absolute atomic E-state index is 13.6. The summed E-state index contributed by atoms with van der Waals surface area (Å²) < 4.78 is 87.6. The second-order valence-corrected chi connectivity index (χ2v) is 7.77. The maximum atomic E-state index is 13.6. The molecule has 0 bridgehead atoms. The number of aliphatic hydroxyl groups excluding tert-OH is 3. The number of hydrogen-bond donors (Lipinski definition) is 3. The number of hydrogen-bond acceptors (Lipinski definition) is 8. The number of nitrogens with zero attached hydrogens (tertiary/aromatic N) is 6. The van der Waals surface area contributed by atoms with Crippen molar-refractivity contribution >= 4 is 16.8 Å². The minimum absolute atomic E-state index is 0.00119. The summed E-state index contributed by atoms with van der Waals surface area (Å²) in [5.41, 5.74) is -3.65. The summed E-state index contributed by atoms with van der Waals surface area (Å²) in [6, 6.07) is 1.16. The van der Waals surface area contributed by atoms with E-state index in [-0.39, 0.29) is 22.9 Å². The zero-order valence-corrected chi connectivity index (χ0v) is 17.1. The van der Waals surface area contributed by atoms with Crippen LogP contribution in [-0.4, -0.2) is 69.4 Å². The SMILES string of the molecule is OC[C@H]1O[C@@H](n2cnc3c2ncn2c(-c4ccc(C(F)(F)F)cc4C(F)(F)F)nnc32)[C@@H](O)[C@H]1O. The number of aromatic nitrogens is 6. The normalized spacial score (nSPS) is 23.6. The second kappa shape index (κ2) is 7.84. The molecule has 3 aromatic heterocycles. The molecular weight excluding hydrogens is 490 g/mol. The number of fused-ring (bicyclic) bond motifs is 3. The number of aliphatic hydroxyl groups is 3. The van der Waals surface area contributed by atoms with E-state index in [9.17, 15) is 41.7 Å². The molecule has 4 heterocycles. The van der Waals surface area contributed by atoms with Crippen molar-refractivity contribution in [2.45, 2.75) is 36.9 Å². The number of imidazole rings is 1. The Kier molecular flexibility index (Phi) is 5.24. The van der Waals surface area contributed by atoms with Crippen LogP contribution in [0.1, 0.15) is 17.4 Å². The molecule has 1 fully saturated rings. The molecular formula is C19H14F6N6O4. The third kappa shape index (κ3) is 3.69. The van der Waals surface area contributed by atoms with E-state index in [1.54, 1.807) is 0 Å². The summed E-state index contributed by atoms with van der Waals surface area (Å²) in [7, 11) is 0. The summed E-state index contributed by atoms with van der Waals surface area (Å²) in [6.07, 6.45) is -13.0. The Hall–Kier alpha value is -3.34. The summed E-state index contributed by atoms with van der Waals surface area (Å²) in [5.74, 6) is -0.419. The molecule has 4 atom stereocenters. The summed E-state index contributed by atoms with van der Waals surface area (Å²) in [5, 5.41) is 37.1. The monoisotopic (exact) mass is 504 g/mol. The Labute approximate surface area is 190 Å². The van der Waals surface area contributed by atoms with E-state index in [2.05, 4.69) is 20.2 Å². The van der Waals surface area contributed by atoms with Gasteiger partial charge < -0.3 is 20.1 Å². The van der Waals surface area contributed by atoms with Crippen LogP contribution in [0.15, 0.2) is 30.9 Å². The van der Waals surface area contributed by atoms with Crippen molar-refractivity contribution in [3.63, 3.8) is 0 Å². The Morgan fingerprint density at radius 1 is 0.914 bits per heavy atom. The Morgan fingerprint density at radius 3 is 2.29 bits per heavy atom. The van der Waals surface area contributed by atoms with Gasteiger partial charge in [-0.3, -0.25) is 8.97 Å². The van der Waals surface area contributed by atoms with Crippen LogP contribution in [0.4, 0.5) is 26.3 Å². The molecule has 0 amide bonds. The predicted molar refractivity (Wildman–Crippen MR) is 103 cm³/mol. The number of halogens is 6. The molecule has 0 saturated carbocycles. The number of alkyl halides is 6. The minimum atomic E-state index is -5.12. The average Bonchev–Trinajstić information content (AvgIpc) is 3.48. The standard InChI is InChI=1S/C19H14F6N6O4/c20-18(21,22)7-1-2-8(9(3-7)19(23,24)25)14-28-29-16-11-15(27-6-30(14)16)31(5-26-11)17-13(34)12(33)10(4-32)35-17/h1-3,5-6,10,12-13,17,32-34H,4H2/t10-,12+,13+,17-/m1/s1. The molecule has 3 N–H and O–H groups in total. The van der Waals surface area contributed by atoms with Gasteiger partial charge in [0.1, 0.15) is 24.6 Å². The highest BCUT2D eigenvalue weighted by atomic mass is 19.4. The Morgan fingerprint density at radius 2 is 1.66 bits per heavy atom. The van der Waals surface area contributed by atoms with Gasteiger partial charge >= 0.3 is 12.4 Å². The molecule has 1 aliphatic rings. The molecule has 186 valence electrons. The molecule has 1 aromatic carbocycles. The number of ether oxygens (including phenoxy) is 1. The highest BCUT2D eigenvalue weighted by Crippen LogP contribution is 2.41. The van der Waals surface area contributed by atoms with Crippen molar-refractivity contribution in [1.82, 2.24) is 29.1 Å². The zero-order chi connectivity index (χ0) is 25.3. The Balaban J connectivity index is 1.63. The molecule has 0 aliphatic carbocycles. The van der Waals surface area contributed by atoms with Crippen molar-refractivity contribution in [3.05, 3.63) is 42.0 Å². The predicted octanol–water partition coefficient (Wildman–Crippen LogP) is 1.79. The van der Waals surface area contributed by atoms with Crippen LogP contribution >= 0.6 is 0 Å². The first kappa shape index (κ1) is 23.4. The van der Waals surface area contributed by atoms with E-state index in [0.717, 1.165) is 10.7 Å². The van der Waals surface area contributed by atoms with Gasteiger partial charge in [0, 0.05) is 5.56 Å². The molecule has 4 aromatic rings. The van der Waals surface area contributed by atoms with Crippen LogP contribution in [0.2, 0.25) is 0 Å². The van der Waals surface area contributed by atoms with Crippen molar-refractivity contribution in [2.75, 3.05) is 6.61 Å². The molecule has 35 heavy (non-hydrogen) atoms. The lowest BCUT2D eigenvalue weighted by Crippen LogP contribution is -2.33. The molecule has 0 radical (unpaired) electrons. The van der Waals surface area contributed by atoms with E-state index >= 15 is 0 Å². The smallest absolute Gasteiger partial charge is 0.394 e. The third-order valence-electron chi connectivity index (χ3n) is 5.66. The van der Waals surface area contributed by atoms with Crippen molar-refractivity contribution in [3.8, 4) is 11.4 Å². The molecule has 5 rings (SSSR count). The number of rotatable bonds is 3. The first-order chi connectivity index (χ1) is 16.4. The van der Waals surface area contributed by atoms with E-state index in [0.29, 0.717) is 12.1 Å². The highest BCUT2D eigenvalue weighted by Gasteiger charge is 2.44. The molecule has 0 spiro atoms. The van der Waals surface area contributed by atoms with Crippen molar-refractivity contribution in [2.24, 2.45) is 0 Å². The van der Waals surface area contributed by atoms with Gasteiger partial charge in [0.05, 0.1) is 24.1 Å². The van der Waals surface area contributed by atoms with E-state index in [1.807, 2.05) is 0 Å². The fourth-order valence-electron chi connectivity index (χ4n) is 3.94. The van der Waals surface area contributed by atoms with E-state index in [1.165, 1.54) is 10.9 Å². The molecule has 0 unspecified atom stereocenters. The fraction of sp³-hybridized carbons (Fsp3) is 0.368. The fourth-order valence-corrected chi connectivity index (χ4v) is 3.94. The molecule has 10 nitrogen and oxygen atoms in total. The number of benzene rings is 1. The summed E-state index contributed by atoms with van der Waals surface area (Å²) in [4.78, 5) is 8.22. The van der Waals surface area contributed by atoms with Gasteiger partial charge in [-0.15, -0.1) is 10.2 Å². The highest BCUT2D eigenvalue weighted by molar-refractivity contribution is 5.86. The maximum Gasteiger partial charge on any atom is 0.417 e. The largest absolute Gasteiger partial charge is 0.417 e. The van der Waals surface area contributed by atoms with Gasteiger partial charge in [0.2, 0.25) is 0 Å². The van der Waals surface area contributed by atoms with Crippen LogP contribution in [0, 0.1) is 0 Å². The quantitative estimate of drug-likeness (QED) is 0.360. The van der Waals surface area contributed by atoms with Crippen LogP contribution in [0.5, 0.6) is 0 Å². The average molecular weight is 504 g/mol. The minimum Gasteiger partial charge on any atom is -0.394 e. The molecule has 1 aliphatic heterocycles. The Bertz CT molecular complexity index is 1420. The van der Waals surface area contributed by atoms with Crippen LogP contribution < -0.4 is 0 Å². The first-order valence-corrected chi connectivity index (χ1v) is 9.89. The van der Waals surface area contributed by atoms with Gasteiger partial charge in [-0.05, 0) is 18.2 Å². The van der Waals surface area contributed by atoms with Crippen LogP contribution in [-0.2, 0) is 17.1 Å². The second-order valence-electron chi connectivity index (χ2n) is 7.77. The van der Waals surface area contributed by atoms with Crippen LogP contribution in [0.3, 0.4) is 0 Å². The topological polar surface area (TPSA) is 131 Å². The first-order valence-electron chi connectivity index (χ1n) is 9.89. The lowest BCUT2D eigenvalue weighted by molar-refractivity contribution is -0.142. The van der Waals surface area contributed by atoms with Gasteiger partial charge in [0.15, 0.2) is 28.9 Å². The van der Waals surface area contributed by atoms with Gasteiger partial charge in [0.25, 0.3) is 0 Å². The zero-order valence-electron chi connectivity index (χ0n) is 17.1. The van der Waals surface area contributed by atoms with Gasteiger partial charge in [-0.2, -0.15) is 26.3 Å². The lowest BCUT2D eigenvalue weighted by atomic mass is 10.0. The van der Waals surface area contributed by atoms with Crippen molar-refractivity contribution in [1.29, 1.82) is 0 Å². The van der Waals surface area contributed by atoms with Crippen LogP contribution in [0.25, 0.3) is 28.2 Å². The van der Waals surface area contributed by atoms with Gasteiger partial charge in [-0.1, -0.05) is 0 Å². The van der Waals surface area contributed by atoms with E-state index in [4.69, 9.17) is 4.74 Å². The lowest BCUT2D eigenvalue weighted by Gasteiger charge is -2.16. The molecule has 1 saturated heterocycles. The summed E-state index contributed by atoms with van der Waals surface area (Å²) in [6.45, 7) is -0.568. The third-order valence-corrected chi connectivity index (χ3v) is 5.66. The molecule has 16 heteroatoms. The van der Waals surface area contributed by atoms with E-state index < -0.39 is 66.0 Å². The summed E-state index contributed by atoms with van der Waals surface area (Å²) >= 11 is 0.